The number of urea groups is 1. The van der Waals surface area contributed by atoms with E-state index in [2.05, 4.69) is 0 Å². The largest absolute Gasteiger partial charge is 0.472 e. The lowest BCUT2D eigenvalue weighted by Crippen LogP contribution is -2.34. The van der Waals surface area contributed by atoms with Crippen LogP contribution in [0.2, 0.25) is 0 Å². The van der Waals surface area contributed by atoms with Gasteiger partial charge in [0.15, 0.2) is 0 Å². The summed E-state index contributed by atoms with van der Waals surface area (Å²) in [7, 11) is 1.57. The second-order valence-electron chi connectivity index (χ2n) is 2.40. The van der Waals surface area contributed by atoms with Gasteiger partial charge in [-0.15, -0.1) is 0 Å². The van der Waals surface area contributed by atoms with Crippen LogP contribution in [0.1, 0.15) is 5.56 Å². The van der Waals surface area contributed by atoms with E-state index in [0.717, 1.165) is 5.56 Å². The van der Waals surface area contributed by atoms with E-state index >= 15 is 0 Å². The Morgan fingerprint density at radius 2 is 2.58 bits per heavy atom. The molecule has 0 aromatic carbocycles. The predicted molar refractivity (Wildman–Crippen MR) is 40.5 cm³/mol. The first-order valence-corrected chi connectivity index (χ1v) is 3.40. The van der Waals surface area contributed by atoms with Crippen LogP contribution in [0.25, 0.3) is 0 Å². The van der Waals surface area contributed by atoms with Crippen molar-refractivity contribution in [2.45, 2.75) is 6.54 Å². The van der Waals surface area contributed by atoms with Crippen molar-refractivity contribution >= 4 is 6.03 Å². The minimum Gasteiger partial charge on any atom is -0.472 e. The molecule has 0 aliphatic rings. The summed E-state index contributed by atoms with van der Waals surface area (Å²) in [5.41, 5.74) is 2.41. The Morgan fingerprint density at radius 3 is 3.08 bits per heavy atom. The molecule has 5 nitrogen and oxygen atoms in total. The summed E-state index contributed by atoms with van der Waals surface area (Å²) in [4.78, 5) is 12.1. The molecule has 2 N–H and O–H groups in total. The fourth-order valence-corrected chi connectivity index (χ4v) is 0.814. The predicted octanol–water partition coefficient (Wildman–Crippen LogP) is 0.810. The third-order valence-corrected chi connectivity index (χ3v) is 1.44. The molecule has 12 heavy (non-hydrogen) atoms. The van der Waals surface area contributed by atoms with Gasteiger partial charge in [0, 0.05) is 12.6 Å². The number of hydrogen-bond donors (Lipinski definition) is 2. The topological polar surface area (TPSA) is 65.7 Å². The van der Waals surface area contributed by atoms with Crippen molar-refractivity contribution in [3.05, 3.63) is 24.2 Å². The van der Waals surface area contributed by atoms with E-state index in [1.54, 1.807) is 19.4 Å². The molecule has 0 spiro atoms. The zero-order valence-electron chi connectivity index (χ0n) is 6.65. The van der Waals surface area contributed by atoms with E-state index in [9.17, 15) is 4.79 Å². The van der Waals surface area contributed by atoms with Crippen LogP contribution in [-0.2, 0) is 6.54 Å². The number of carbonyl (C=O) groups excluding carboxylic acids is 1. The number of hydrogen-bond acceptors (Lipinski definition) is 3. The first-order chi connectivity index (χ1) is 5.74. The second-order valence-corrected chi connectivity index (χ2v) is 2.40. The van der Waals surface area contributed by atoms with E-state index in [1.165, 1.54) is 16.6 Å². The summed E-state index contributed by atoms with van der Waals surface area (Å²) in [5, 5.41) is 8.27. The van der Waals surface area contributed by atoms with Crippen molar-refractivity contribution < 1.29 is 14.4 Å². The Balaban J connectivity index is 2.47. The van der Waals surface area contributed by atoms with Gasteiger partial charge in [-0.05, 0) is 6.07 Å². The van der Waals surface area contributed by atoms with Gasteiger partial charge in [0.25, 0.3) is 0 Å². The Kier molecular flexibility index (Phi) is 2.71. The number of nitrogens with one attached hydrogen (secondary N) is 1. The van der Waals surface area contributed by atoms with E-state index in [1.807, 2.05) is 0 Å². The molecule has 0 saturated heterocycles. The highest BCUT2D eigenvalue weighted by Crippen LogP contribution is 2.02. The highest BCUT2D eigenvalue weighted by Gasteiger charge is 2.07. The number of hydroxylamine groups is 1. The molecule has 0 radical (unpaired) electrons. The Labute approximate surface area is 69.5 Å². The molecule has 0 bridgehead atoms. The SMILES string of the molecule is CN(Cc1ccoc1)C(=O)NO. The van der Waals surface area contributed by atoms with Crippen molar-refractivity contribution in [3.63, 3.8) is 0 Å². The molecule has 2 amide bonds. The number of carbonyl (C=O) groups is 1. The van der Waals surface area contributed by atoms with Crippen molar-refractivity contribution in [2.75, 3.05) is 7.05 Å². The molecule has 0 unspecified atom stereocenters. The van der Waals surface area contributed by atoms with Gasteiger partial charge in [-0.3, -0.25) is 5.21 Å². The summed E-state index contributed by atoms with van der Waals surface area (Å²) in [6, 6.07) is 1.21. The normalized spacial score (nSPS) is 9.50. The molecule has 0 atom stereocenters. The maximum Gasteiger partial charge on any atom is 0.341 e. The minimum atomic E-state index is -0.545. The number of amides is 2. The Bertz CT molecular complexity index is 245. The summed E-state index contributed by atoms with van der Waals surface area (Å²) in [6.07, 6.45) is 3.07. The van der Waals surface area contributed by atoms with E-state index < -0.39 is 6.03 Å². The number of furan rings is 1. The zero-order chi connectivity index (χ0) is 8.97. The Hall–Kier alpha value is -1.49. The first kappa shape index (κ1) is 8.61. The maximum absolute atomic E-state index is 10.8. The molecule has 0 aliphatic heterocycles. The van der Waals surface area contributed by atoms with Gasteiger partial charge < -0.3 is 9.32 Å². The third-order valence-electron chi connectivity index (χ3n) is 1.44. The zero-order valence-corrected chi connectivity index (χ0v) is 6.65. The average Bonchev–Trinajstić information content (AvgIpc) is 2.55. The smallest absolute Gasteiger partial charge is 0.341 e. The molecule has 1 aromatic heterocycles. The molecule has 0 fully saturated rings. The van der Waals surface area contributed by atoms with Crippen molar-refractivity contribution in [2.24, 2.45) is 0 Å². The van der Waals surface area contributed by atoms with Crippen LogP contribution in [0.5, 0.6) is 0 Å². The highest BCUT2D eigenvalue weighted by atomic mass is 16.5. The molecule has 1 aromatic rings. The Morgan fingerprint density at radius 1 is 1.83 bits per heavy atom. The van der Waals surface area contributed by atoms with E-state index in [4.69, 9.17) is 9.62 Å². The monoisotopic (exact) mass is 170 g/mol. The van der Waals surface area contributed by atoms with Crippen molar-refractivity contribution in [1.82, 2.24) is 10.4 Å². The molecule has 0 aliphatic carbocycles. The van der Waals surface area contributed by atoms with Gasteiger partial charge in [0.2, 0.25) is 0 Å². The fraction of sp³-hybridized carbons (Fsp3) is 0.286. The van der Waals surface area contributed by atoms with Crippen LogP contribution in [0.3, 0.4) is 0 Å². The molecular formula is C7H10N2O3. The van der Waals surface area contributed by atoms with Crippen LogP contribution in [0, 0.1) is 0 Å². The third kappa shape index (κ3) is 2.00. The quantitative estimate of drug-likeness (QED) is 0.510. The lowest BCUT2D eigenvalue weighted by atomic mass is 10.3. The summed E-state index contributed by atoms with van der Waals surface area (Å²) >= 11 is 0. The second kappa shape index (κ2) is 3.77. The van der Waals surface area contributed by atoms with Gasteiger partial charge in [-0.25, -0.2) is 10.3 Å². The molecule has 1 rings (SSSR count). The standard InChI is InChI=1S/C7H10N2O3/c1-9(7(10)8-11)4-6-2-3-12-5-6/h2-3,5,11H,4H2,1H3,(H,8,10). The first-order valence-electron chi connectivity index (χ1n) is 3.40. The van der Waals surface area contributed by atoms with Gasteiger partial charge in [-0.1, -0.05) is 0 Å². The van der Waals surface area contributed by atoms with Gasteiger partial charge in [-0.2, -0.15) is 0 Å². The lowest BCUT2D eigenvalue weighted by Gasteiger charge is -2.13. The molecule has 66 valence electrons. The maximum atomic E-state index is 10.8. The summed E-state index contributed by atoms with van der Waals surface area (Å²) in [5.74, 6) is 0. The van der Waals surface area contributed by atoms with E-state index in [-0.39, 0.29) is 0 Å². The fourth-order valence-electron chi connectivity index (χ4n) is 0.814. The van der Waals surface area contributed by atoms with Crippen molar-refractivity contribution in [3.8, 4) is 0 Å². The van der Waals surface area contributed by atoms with Crippen LogP contribution >= 0.6 is 0 Å². The molecule has 0 saturated carbocycles. The van der Waals surface area contributed by atoms with Crippen molar-refractivity contribution in [1.29, 1.82) is 0 Å². The summed E-state index contributed by atoms with van der Waals surface area (Å²) < 4.78 is 4.81. The minimum absolute atomic E-state index is 0.406. The average molecular weight is 170 g/mol. The van der Waals surface area contributed by atoms with E-state index in [0.29, 0.717) is 6.54 Å². The van der Waals surface area contributed by atoms with Crippen LogP contribution < -0.4 is 5.48 Å². The summed E-state index contributed by atoms with van der Waals surface area (Å²) in [6.45, 7) is 0.406. The highest BCUT2D eigenvalue weighted by molar-refractivity contribution is 5.72. The van der Waals surface area contributed by atoms with Gasteiger partial charge >= 0.3 is 6.03 Å². The van der Waals surface area contributed by atoms with Gasteiger partial charge in [0.05, 0.1) is 19.1 Å². The van der Waals surface area contributed by atoms with Crippen LogP contribution in [0.15, 0.2) is 23.0 Å². The van der Waals surface area contributed by atoms with Crippen LogP contribution in [0.4, 0.5) is 4.79 Å². The van der Waals surface area contributed by atoms with Crippen LogP contribution in [-0.4, -0.2) is 23.2 Å². The lowest BCUT2D eigenvalue weighted by molar-refractivity contribution is 0.134. The molecular weight excluding hydrogens is 160 g/mol. The molecule has 5 heteroatoms. The number of rotatable bonds is 2. The molecule has 1 heterocycles. The number of nitrogens with zero attached hydrogens (tertiary/aromatic N) is 1. The van der Waals surface area contributed by atoms with Gasteiger partial charge in [0.1, 0.15) is 0 Å².